The molecule has 0 fully saturated rings. The lowest BCUT2D eigenvalue weighted by molar-refractivity contribution is 0.102. The van der Waals surface area contributed by atoms with Crippen LogP contribution in [0.1, 0.15) is 21.7 Å². The molecule has 0 aliphatic carbocycles. The summed E-state index contributed by atoms with van der Waals surface area (Å²) in [5.41, 5.74) is 3.30. The van der Waals surface area contributed by atoms with Crippen molar-refractivity contribution < 1.29 is 9.18 Å². The van der Waals surface area contributed by atoms with Crippen LogP contribution >= 0.6 is 11.8 Å². The van der Waals surface area contributed by atoms with Crippen molar-refractivity contribution in [1.82, 2.24) is 14.1 Å². The topological polar surface area (TPSA) is 56.9 Å². The number of para-hydroxylation sites is 1. The van der Waals surface area contributed by atoms with E-state index in [9.17, 15) is 14.0 Å². The average molecular weight is 448 g/mol. The van der Waals surface area contributed by atoms with Crippen LogP contribution in [0.4, 0.5) is 4.39 Å². The van der Waals surface area contributed by atoms with Crippen molar-refractivity contribution in [2.24, 2.45) is 0 Å². The fourth-order valence-electron chi connectivity index (χ4n) is 3.73. The lowest BCUT2D eigenvalue weighted by atomic mass is 10.2. The molecule has 5 nitrogen and oxygen atoms in total. The minimum Gasteiger partial charge on any atom is -0.345 e. The Bertz CT molecular complexity index is 1390. The molecule has 0 aliphatic rings. The Morgan fingerprint density at radius 3 is 2.59 bits per heavy atom. The van der Waals surface area contributed by atoms with E-state index in [0.717, 1.165) is 11.4 Å². The maximum atomic E-state index is 13.5. The van der Waals surface area contributed by atoms with E-state index in [2.05, 4.69) is 11.6 Å². The quantitative estimate of drug-likeness (QED) is 0.171. The van der Waals surface area contributed by atoms with Crippen LogP contribution < -0.4 is 5.56 Å². The van der Waals surface area contributed by atoms with Gasteiger partial charge in [0, 0.05) is 23.5 Å². The largest absolute Gasteiger partial charge is 0.345 e. The van der Waals surface area contributed by atoms with Crippen LogP contribution in [0, 0.1) is 19.7 Å². The first-order chi connectivity index (χ1) is 15.4. The molecule has 0 saturated heterocycles. The molecule has 0 spiro atoms. The molecule has 2 aromatic carbocycles. The number of nitrogens with zero attached hydrogens (tertiary/aromatic N) is 3. The molecule has 0 bridgehead atoms. The van der Waals surface area contributed by atoms with E-state index in [-0.39, 0.29) is 17.1 Å². The average Bonchev–Trinajstić information content (AvgIpc) is 3.07. The third kappa shape index (κ3) is 4.03. The normalized spacial score (nSPS) is 11.1. The van der Waals surface area contributed by atoms with Gasteiger partial charge in [0.1, 0.15) is 5.82 Å². The number of rotatable bonds is 7. The van der Waals surface area contributed by atoms with Crippen LogP contribution in [0.3, 0.4) is 0 Å². The molecule has 162 valence electrons. The summed E-state index contributed by atoms with van der Waals surface area (Å²) in [6, 6.07) is 14.6. The third-order valence-corrected chi connectivity index (χ3v) is 6.29. The van der Waals surface area contributed by atoms with E-state index in [1.54, 1.807) is 24.3 Å². The summed E-state index contributed by atoms with van der Waals surface area (Å²) in [5.74, 6) is -0.328. The van der Waals surface area contributed by atoms with Crippen molar-refractivity contribution in [1.29, 1.82) is 0 Å². The number of hydrogen-bond donors (Lipinski definition) is 0. The number of Topliss-reactive ketones (excluding diaryl/α,β-unsaturated/α-hetero) is 1. The maximum absolute atomic E-state index is 13.5. The van der Waals surface area contributed by atoms with Crippen molar-refractivity contribution in [2.45, 2.75) is 25.5 Å². The van der Waals surface area contributed by atoms with E-state index in [1.165, 1.54) is 40.6 Å². The molecule has 4 rings (SSSR count). The lowest BCUT2D eigenvalue weighted by Crippen LogP contribution is -2.22. The highest BCUT2D eigenvalue weighted by atomic mass is 32.2. The zero-order valence-corrected chi connectivity index (χ0v) is 18.7. The summed E-state index contributed by atoms with van der Waals surface area (Å²) in [6.45, 7) is 8.27. The van der Waals surface area contributed by atoms with Crippen LogP contribution in [0.2, 0.25) is 0 Å². The Morgan fingerprint density at radius 2 is 1.88 bits per heavy atom. The van der Waals surface area contributed by atoms with Crippen molar-refractivity contribution in [3.63, 3.8) is 0 Å². The van der Waals surface area contributed by atoms with Gasteiger partial charge in [-0.2, -0.15) is 0 Å². The standard InChI is InChI=1S/C25H22FN3O2S/c1-4-13-28-16(2)14-21(17(28)3)23(30)15-32-25-27-22-8-6-5-7-20(22)24(31)29(25)19-11-9-18(26)10-12-19/h4-12,14H,1,13,15H2,2-3H3. The van der Waals surface area contributed by atoms with Gasteiger partial charge in [-0.15, -0.1) is 6.58 Å². The van der Waals surface area contributed by atoms with Gasteiger partial charge in [0.25, 0.3) is 5.56 Å². The molecule has 0 N–H and O–H groups in total. The van der Waals surface area contributed by atoms with Crippen molar-refractivity contribution in [2.75, 3.05) is 5.75 Å². The molecule has 2 heterocycles. The van der Waals surface area contributed by atoms with E-state index < -0.39 is 5.82 Å². The third-order valence-electron chi connectivity index (χ3n) is 5.35. The molecule has 0 aliphatic heterocycles. The number of carbonyl (C=O) groups excluding carboxylic acids is 1. The minimum absolute atomic E-state index is 0.0496. The predicted octanol–water partition coefficient (Wildman–Crippen LogP) is 5.10. The summed E-state index contributed by atoms with van der Waals surface area (Å²) >= 11 is 1.19. The molecule has 0 saturated carbocycles. The number of fused-ring (bicyclic) bond motifs is 1. The van der Waals surface area contributed by atoms with Crippen LogP contribution in [-0.2, 0) is 6.54 Å². The summed E-state index contributed by atoms with van der Waals surface area (Å²) < 4.78 is 16.9. The highest BCUT2D eigenvalue weighted by Crippen LogP contribution is 2.24. The second-order valence-electron chi connectivity index (χ2n) is 7.42. The number of halogens is 1. The Morgan fingerprint density at radius 1 is 1.16 bits per heavy atom. The van der Waals surface area contributed by atoms with Crippen LogP contribution in [0.25, 0.3) is 16.6 Å². The van der Waals surface area contributed by atoms with E-state index >= 15 is 0 Å². The highest BCUT2D eigenvalue weighted by molar-refractivity contribution is 7.99. The highest BCUT2D eigenvalue weighted by Gasteiger charge is 2.18. The van der Waals surface area contributed by atoms with Gasteiger partial charge < -0.3 is 4.57 Å². The molecule has 32 heavy (non-hydrogen) atoms. The molecule has 0 unspecified atom stereocenters. The van der Waals surface area contributed by atoms with Crippen LogP contribution in [-0.4, -0.2) is 25.7 Å². The van der Waals surface area contributed by atoms with Crippen molar-refractivity contribution in [3.05, 3.63) is 100 Å². The Hall–Kier alpha value is -3.45. The van der Waals surface area contributed by atoms with Gasteiger partial charge in [-0.25, -0.2) is 9.37 Å². The van der Waals surface area contributed by atoms with Gasteiger partial charge in [0.2, 0.25) is 0 Å². The Labute approximate surface area is 189 Å². The first-order valence-electron chi connectivity index (χ1n) is 10.1. The summed E-state index contributed by atoms with van der Waals surface area (Å²) in [4.78, 5) is 30.9. The number of benzene rings is 2. The second-order valence-corrected chi connectivity index (χ2v) is 8.37. The van der Waals surface area contributed by atoms with Gasteiger partial charge in [0.15, 0.2) is 10.9 Å². The number of aryl methyl sites for hydroxylation is 1. The first kappa shape index (κ1) is 21.8. The molecule has 7 heteroatoms. The number of thioether (sulfide) groups is 1. The number of carbonyl (C=O) groups is 1. The molecule has 2 aromatic heterocycles. The van der Waals surface area contributed by atoms with E-state index in [1.807, 2.05) is 30.5 Å². The molecular weight excluding hydrogens is 425 g/mol. The van der Waals surface area contributed by atoms with Crippen LogP contribution in [0.15, 0.2) is 77.2 Å². The smallest absolute Gasteiger partial charge is 0.266 e. The number of allylic oxidation sites excluding steroid dienone is 1. The van der Waals surface area contributed by atoms with Gasteiger partial charge in [-0.1, -0.05) is 30.0 Å². The molecule has 0 amide bonds. The summed E-state index contributed by atoms with van der Waals surface area (Å²) in [6.07, 6.45) is 1.80. The minimum atomic E-state index is -0.394. The monoisotopic (exact) mass is 447 g/mol. The zero-order valence-electron chi connectivity index (χ0n) is 17.8. The van der Waals surface area contributed by atoms with E-state index in [0.29, 0.717) is 33.9 Å². The number of hydrogen-bond acceptors (Lipinski definition) is 4. The molecular formula is C25H22FN3O2S. The molecule has 4 aromatic rings. The second kappa shape index (κ2) is 8.96. The van der Waals surface area contributed by atoms with Gasteiger partial charge in [0.05, 0.1) is 22.3 Å². The zero-order chi connectivity index (χ0) is 22.8. The maximum Gasteiger partial charge on any atom is 0.266 e. The Kier molecular flexibility index (Phi) is 6.10. The van der Waals surface area contributed by atoms with Gasteiger partial charge >= 0.3 is 0 Å². The van der Waals surface area contributed by atoms with E-state index in [4.69, 9.17) is 0 Å². The Balaban J connectivity index is 1.73. The van der Waals surface area contributed by atoms with Crippen molar-refractivity contribution in [3.8, 4) is 5.69 Å². The summed E-state index contributed by atoms with van der Waals surface area (Å²) in [5, 5.41) is 0.842. The first-order valence-corrected chi connectivity index (χ1v) is 11.1. The predicted molar refractivity (Wildman–Crippen MR) is 126 cm³/mol. The summed E-state index contributed by atoms with van der Waals surface area (Å²) in [7, 11) is 0. The lowest BCUT2D eigenvalue weighted by Gasteiger charge is -2.13. The van der Waals surface area contributed by atoms with Gasteiger partial charge in [-0.05, 0) is 56.3 Å². The van der Waals surface area contributed by atoms with Crippen LogP contribution in [0.5, 0.6) is 0 Å². The molecule has 0 radical (unpaired) electrons. The number of ketones is 1. The fraction of sp³-hybridized carbons (Fsp3) is 0.160. The number of aromatic nitrogens is 3. The van der Waals surface area contributed by atoms with Gasteiger partial charge in [-0.3, -0.25) is 14.2 Å². The SMILES string of the molecule is C=CCn1c(C)cc(C(=O)CSc2nc3ccccc3c(=O)n2-c2ccc(F)cc2)c1C. The van der Waals surface area contributed by atoms with Crippen molar-refractivity contribution >= 4 is 28.4 Å². The molecule has 0 atom stereocenters. The fourth-order valence-corrected chi connectivity index (χ4v) is 4.62.